The average molecular weight is 452 g/mol. The van der Waals surface area contributed by atoms with Crippen molar-refractivity contribution in [2.75, 3.05) is 44.3 Å². The topological polar surface area (TPSA) is 45.7 Å². The summed E-state index contributed by atoms with van der Waals surface area (Å²) in [5.74, 6) is 0.121. The van der Waals surface area contributed by atoms with Crippen LogP contribution in [0.25, 0.3) is 10.2 Å². The molecule has 0 unspecified atom stereocenters. The van der Waals surface area contributed by atoms with Gasteiger partial charge in [-0.15, -0.1) is 0 Å². The number of amides is 1. The monoisotopic (exact) mass is 451 g/mol. The largest absolute Gasteiger partial charge is 0.379 e. The third-order valence-corrected chi connectivity index (χ3v) is 7.23. The van der Waals surface area contributed by atoms with Crippen LogP contribution in [0.2, 0.25) is 0 Å². The van der Waals surface area contributed by atoms with Gasteiger partial charge in [0.2, 0.25) is 5.91 Å². The number of thiazole rings is 1. The molecule has 0 N–H and O–H groups in total. The highest BCUT2D eigenvalue weighted by Gasteiger charge is 2.21. The number of anilines is 1. The van der Waals surface area contributed by atoms with E-state index in [1.165, 1.54) is 11.1 Å². The van der Waals surface area contributed by atoms with Crippen molar-refractivity contribution in [3.63, 3.8) is 0 Å². The number of benzene rings is 2. The second-order valence-corrected chi connectivity index (χ2v) is 9.62. The molecule has 0 saturated carbocycles. The molecular formula is C26H33N3O2S. The highest BCUT2D eigenvalue weighted by Crippen LogP contribution is 2.30. The van der Waals surface area contributed by atoms with Gasteiger partial charge in [-0.2, -0.15) is 0 Å². The smallest absolute Gasteiger partial charge is 0.233 e. The van der Waals surface area contributed by atoms with E-state index in [-0.39, 0.29) is 5.91 Å². The molecule has 0 bridgehead atoms. The van der Waals surface area contributed by atoms with E-state index in [1.807, 2.05) is 4.90 Å². The summed E-state index contributed by atoms with van der Waals surface area (Å²) < 4.78 is 6.61. The van der Waals surface area contributed by atoms with Gasteiger partial charge >= 0.3 is 0 Å². The molecule has 0 radical (unpaired) electrons. The van der Waals surface area contributed by atoms with Crippen molar-refractivity contribution in [2.24, 2.45) is 0 Å². The summed E-state index contributed by atoms with van der Waals surface area (Å²) in [6.45, 7) is 11.5. The minimum absolute atomic E-state index is 0.121. The fourth-order valence-corrected chi connectivity index (χ4v) is 5.22. The summed E-state index contributed by atoms with van der Waals surface area (Å²) >= 11 is 1.63. The molecule has 1 aliphatic heterocycles. The maximum atomic E-state index is 13.5. The van der Waals surface area contributed by atoms with Crippen LogP contribution in [0.1, 0.15) is 35.6 Å². The number of aryl methyl sites for hydroxylation is 3. The summed E-state index contributed by atoms with van der Waals surface area (Å²) in [6, 6.07) is 12.7. The van der Waals surface area contributed by atoms with Crippen LogP contribution < -0.4 is 4.90 Å². The molecule has 1 aromatic heterocycles. The van der Waals surface area contributed by atoms with E-state index in [4.69, 9.17) is 9.72 Å². The number of ether oxygens (including phenoxy) is 1. The predicted molar refractivity (Wildman–Crippen MR) is 133 cm³/mol. The van der Waals surface area contributed by atoms with Crippen molar-refractivity contribution in [3.05, 3.63) is 58.7 Å². The van der Waals surface area contributed by atoms with E-state index < -0.39 is 0 Å². The van der Waals surface area contributed by atoms with Crippen molar-refractivity contribution in [2.45, 2.75) is 40.0 Å². The van der Waals surface area contributed by atoms with E-state index in [1.54, 1.807) is 11.3 Å². The van der Waals surface area contributed by atoms with Crippen LogP contribution >= 0.6 is 11.3 Å². The number of hydrogen-bond acceptors (Lipinski definition) is 5. The summed E-state index contributed by atoms with van der Waals surface area (Å²) in [7, 11) is 0. The Kier molecular flexibility index (Phi) is 7.55. The molecular weight excluding hydrogens is 418 g/mol. The maximum absolute atomic E-state index is 13.5. The Morgan fingerprint density at radius 2 is 1.97 bits per heavy atom. The van der Waals surface area contributed by atoms with E-state index in [2.05, 4.69) is 62.1 Å². The number of carbonyl (C=O) groups excluding carboxylic acids is 1. The molecule has 170 valence electrons. The molecule has 1 amide bonds. The summed E-state index contributed by atoms with van der Waals surface area (Å²) in [6.07, 6.45) is 2.33. The van der Waals surface area contributed by atoms with Crippen LogP contribution in [0, 0.1) is 13.8 Å². The molecule has 0 aliphatic carbocycles. The summed E-state index contributed by atoms with van der Waals surface area (Å²) in [4.78, 5) is 22.7. The first kappa shape index (κ1) is 22.9. The fraction of sp³-hybridized carbons (Fsp3) is 0.462. The number of morpholine rings is 1. The normalized spacial score (nSPS) is 14.7. The Hall–Kier alpha value is -2.28. The summed E-state index contributed by atoms with van der Waals surface area (Å²) in [5.41, 5.74) is 5.72. The third-order valence-electron chi connectivity index (χ3n) is 6.19. The van der Waals surface area contributed by atoms with Gasteiger partial charge in [0.1, 0.15) is 0 Å². The third kappa shape index (κ3) is 5.55. The average Bonchev–Trinajstić information content (AvgIpc) is 3.22. The lowest BCUT2D eigenvalue weighted by Gasteiger charge is -2.27. The molecule has 2 aromatic carbocycles. The standard InChI is InChI=1S/C26H33N3O2S/c1-4-21-8-9-23-24(17-21)32-26(27-23)29(11-5-10-28-12-14-31-15-13-28)25(30)18-22-16-19(2)6-7-20(22)3/h6-9,16-17H,4-5,10-15,18H2,1-3H3. The van der Waals surface area contributed by atoms with Gasteiger partial charge in [-0.25, -0.2) is 4.98 Å². The molecule has 4 rings (SSSR count). The quantitative estimate of drug-likeness (QED) is 0.495. The molecule has 1 fully saturated rings. The van der Waals surface area contributed by atoms with Gasteiger partial charge in [0.25, 0.3) is 0 Å². The summed E-state index contributed by atoms with van der Waals surface area (Å²) in [5, 5.41) is 0.811. The van der Waals surface area contributed by atoms with Gasteiger partial charge in [0, 0.05) is 26.2 Å². The van der Waals surface area contributed by atoms with E-state index >= 15 is 0 Å². The first-order chi connectivity index (χ1) is 15.5. The van der Waals surface area contributed by atoms with Gasteiger partial charge in [-0.1, -0.05) is 48.1 Å². The van der Waals surface area contributed by atoms with E-state index in [9.17, 15) is 4.79 Å². The van der Waals surface area contributed by atoms with Crippen molar-refractivity contribution in [1.82, 2.24) is 9.88 Å². The highest BCUT2D eigenvalue weighted by molar-refractivity contribution is 7.22. The second kappa shape index (κ2) is 10.6. The maximum Gasteiger partial charge on any atom is 0.233 e. The van der Waals surface area contributed by atoms with Gasteiger partial charge in [0.05, 0.1) is 29.9 Å². The Bertz CT molecular complexity index is 1070. The zero-order valence-electron chi connectivity index (χ0n) is 19.4. The number of fused-ring (bicyclic) bond motifs is 1. The first-order valence-corrected chi connectivity index (χ1v) is 12.4. The Morgan fingerprint density at radius 3 is 2.75 bits per heavy atom. The molecule has 3 aromatic rings. The van der Waals surface area contributed by atoms with Crippen LogP contribution in [0.15, 0.2) is 36.4 Å². The lowest BCUT2D eigenvalue weighted by molar-refractivity contribution is -0.118. The van der Waals surface area contributed by atoms with E-state index in [0.717, 1.165) is 72.2 Å². The van der Waals surface area contributed by atoms with E-state index in [0.29, 0.717) is 13.0 Å². The van der Waals surface area contributed by atoms with Crippen molar-refractivity contribution in [1.29, 1.82) is 0 Å². The minimum atomic E-state index is 0.121. The minimum Gasteiger partial charge on any atom is -0.379 e. The molecule has 32 heavy (non-hydrogen) atoms. The Balaban J connectivity index is 1.55. The van der Waals surface area contributed by atoms with Gasteiger partial charge in [0.15, 0.2) is 5.13 Å². The fourth-order valence-electron chi connectivity index (χ4n) is 4.15. The number of rotatable bonds is 8. The molecule has 0 atom stereocenters. The Morgan fingerprint density at radius 1 is 1.16 bits per heavy atom. The number of hydrogen-bond donors (Lipinski definition) is 0. The predicted octanol–water partition coefficient (Wildman–Crippen LogP) is 4.77. The first-order valence-electron chi connectivity index (χ1n) is 11.6. The zero-order valence-corrected chi connectivity index (χ0v) is 20.2. The second-order valence-electron chi connectivity index (χ2n) is 8.61. The lowest BCUT2D eigenvalue weighted by atomic mass is 10.0. The molecule has 5 nitrogen and oxygen atoms in total. The van der Waals surface area contributed by atoms with Crippen molar-refractivity contribution < 1.29 is 9.53 Å². The van der Waals surface area contributed by atoms with Crippen molar-refractivity contribution in [3.8, 4) is 0 Å². The number of aromatic nitrogens is 1. The number of carbonyl (C=O) groups is 1. The molecule has 2 heterocycles. The molecule has 1 saturated heterocycles. The van der Waals surface area contributed by atoms with Crippen LogP contribution in [0.5, 0.6) is 0 Å². The highest BCUT2D eigenvalue weighted by atomic mass is 32.1. The SMILES string of the molecule is CCc1ccc2nc(N(CCCN3CCOCC3)C(=O)Cc3cc(C)ccc3C)sc2c1. The lowest BCUT2D eigenvalue weighted by Crippen LogP contribution is -2.39. The van der Waals surface area contributed by atoms with Crippen LogP contribution in [0.4, 0.5) is 5.13 Å². The van der Waals surface area contributed by atoms with Crippen LogP contribution in [-0.4, -0.2) is 55.2 Å². The Labute approximate surface area is 195 Å². The zero-order chi connectivity index (χ0) is 22.5. The molecule has 0 spiro atoms. The molecule has 6 heteroatoms. The molecule has 1 aliphatic rings. The van der Waals surface area contributed by atoms with Gasteiger partial charge in [-0.3, -0.25) is 14.6 Å². The van der Waals surface area contributed by atoms with Gasteiger partial charge in [-0.05, 0) is 55.5 Å². The van der Waals surface area contributed by atoms with Crippen LogP contribution in [-0.2, 0) is 22.4 Å². The van der Waals surface area contributed by atoms with Crippen molar-refractivity contribution >= 4 is 32.6 Å². The number of nitrogens with zero attached hydrogens (tertiary/aromatic N) is 3. The van der Waals surface area contributed by atoms with Gasteiger partial charge < -0.3 is 4.74 Å². The van der Waals surface area contributed by atoms with Crippen LogP contribution in [0.3, 0.4) is 0 Å².